The molecule has 2 rings (SSSR count). The van der Waals surface area contributed by atoms with Crippen LogP contribution in [0.1, 0.15) is 47.2 Å². The molecule has 0 aliphatic carbocycles. The molecule has 0 saturated carbocycles. The largest absolute Gasteiger partial charge is 0.306 e. The molecular formula is C19H24ClN. The fourth-order valence-electron chi connectivity index (χ4n) is 2.77. The summed E-state index contributed by atoms with van der Waals surface area (Å²) in [5.74, 6) is 0. The van der Waals surface area contributed by atoms with Crippen LogP contribution in [0.15, 0.2) is 36.4 Å². The van der Waals surface area contributed by atoms with E-state index in [0.717, 1.165) is 29.1 Å². The number of rotatable bonds is 5. The Morgan fingerprint density at radius 2 is 1.71 bits per heavy atom. The van der Waals surface area contributed by atoms with Gasteiger partial charge in [-0.2, -0.15) is 0 Å². The van der Waals surface area contributed by atoms with Crippen molar-refractivity contribution < 1.29 is 0 Å². The molecule has 0 aromatic heterocycles. The van der Waals surface area contributed by atoms with Crippen molar-refractivity contribution in [1.29, 1.82) is 0 Å². The molecule has 0 aliphatic rings. The van der Waals surface area contributed by atoms with E-state index in [4.69, 9.17) is 11.6 Å². The van der Waals surface area contributed by atoms with Crippen LogP contribution >= 0.6 is 11.6 Å². The first-order valence-electron chi connectivity index (χ1n) is 7.59. The van der Waals surface area contributed by atoms with Crippen LogP contribution < -0.4 is 5.32 Å². The summed E-state index contributed by atoms with van der Waals surface area (Å²) in [5.41, 5.74) is 6.15. The van der Waals surface area contributed by atoms with Gasteiger partial charge in [0.25, 0.3) is 0 Å². The Morgan fingerprint density at radius 3 is 2.33 bits per heavy atom. The molecule has 112 valence electrons. The van der Waals surface area contributed by atoms with E-state index in [0.29, 0.717) is 0 Å². The molecule has 2 aromatic rings. The molecule has 21 heavy (non-hydrogen) atoms. The van der Waals surface area contributed by atoms with Crippen molar-refractivity contribution in [1.82, 2.24) is 5.32 Å². The van der Waals surface area contributed by atoms with Gasteiger partial charge in [0, 0.05) is 5.02 Å². The Balaban J connectivity index is 2.49. The molecule has 0 fully saturated rings. The minimum Gasteiger partial charge on any atom is -0.306 e. The van der Waals surface area contributed by atoms with E-state index in [9.17, 15) is 0 Å². The molecule has 0 spiro atoms. The molecule has 2 heteroatoms. The number of hydrogen-bond donors (Lipinski definition) is 1. The molecule has 0 saturated heterocycles. The topological polar surface area (TPSA) is 12.0 Å². The highest BCUT2D eigenvalue weighted by Gasteiger charge is 2.17. The van der Waals surface area contributed by atoms with Crippen LogP contribution in [-0.4, -0.2) is 6.54 Å². The summed E-state index contributed by atoms with van der Waals surface area (Å²) >= 11 is 6.56. The first kappa shape index (κ1) is 16.1. The second-order valence-electron chi connectivity index (χ2n) is 5.79. The van der Waals surface area contributed by atoms with Crippen LogP contribution in [-0.2, 0) is 0 Å². The summed E-state index contributed by atoms with van der Waals surface area (Å²) in [6.45, 7) is 9.51. The minimum atomic E-state index is 0.149. The van der Waals surface area contributed by atoms with Gasteiger partial charge in [-0.3, -0.25) is 0 Å². The van der Waals surface area contributed by atoms with E-state index < -0.39 is 0 Å². The standard InChI is InChI=1S/C19H24ClN/c1-5-9-21-19(16-11-13(2)10-14(3)12-16)17-8-6-7-15(4)18(17)20/h6-8,10-12,19,21H,5,9H2,1-4H3. The van der Waals surface area contributed by atoms with E-state index >= 15 is 0 Å². The average Bonchev–Trinajstić information content (AvgIpc) is 2.42. The quantitative estimate of drug-likeness (QED) is 0.784. The lowest BCUT2D eigenvalue weighted by Gasteiger charge is -2.22. The number of aryl methyl sites for hydroxylation is 3. The van der Waals surface area contributed by atoms with Crippen molar-refractivity contribution in [3.05, 3.63) is 69.2 Å². The number of hydrogen-bond acceptors (Lipinski definition) is 1. The smallest absolute Gasteiger partial charge is 0.0591 e. The van der Waals surface area contributed by atoms with Gasteiger partial charge in [-0.25, -0.2) is 0 Å². The van der Waals surface area contributed by atoms with Crippen LogP contribution in [0.2, 0.25) is 5.02 Å². The average molecular weight is 302 g/mol. The molecule has 1 N–H and O–H groups in total. The van der Waals surface area contributed by atoms with Gasteiger partial charge in [0.2, 0.25) is 0 Å². The van der Waals surface area contributed by atoms with E-state index in [-0.39, 0.29) is 6.04 Å². The van der Waals surface area contributed by atoms with E-state index in [1.54, 1.807) is 0 Å². The van der Waals surface area contributed by atoms with Gasteiger partial charge in [0.15, 0.2) is 0 Å². The van der Waals surface area contributed by atoms with Gasteiger partial charge in [0.05, 0.1) is 6.04 Å². The first-order chi connectivity index (χ1) is 10.0. The molecule has 0 radical (unpaired) electrons. The summed E-state index contributed by atoms with van der Waals surface area (Å²) < 4.78 is 0. The summed E-state index contributed by atoms with van der Waals surface area (Å²) in [5, 5.41) is 4.51. The molecule has 1 atom stereocenters. The zero-order valence-electron chi connectivity index (χ0n) is 13.3. The minimum absolute atomic E-state index is 0.149. The van der Waals surface area contributed by atoms with Crippen LogP contribution in [0.25, 0.3) is 0 Å². The maximum atomic E-state index is 6.56. The SMILES string of the molecule is CCCNC(c1cc(C)cc(C)c1)c1cccc(C)c1Cl. The van der Waals surface area contributed by atoms with E-state index in [2.05, 4.69) is 69.4 Å². The van der Waals surface area contributed by atoms with Gasteiger partial charge in [0.1, 0.15) is 0 Å². The maximum absolute atomic E-state index is 6.56. The predicted molar refractivity (Wildman–Crippen MR) is 92.2 cm³/mol. The first-order valence-corrected chi connectivity index (χ1v) is 7.97. The van der Waals surface area contributed by atoms with Gasteiger partial charge < -0.3 is 5.32 Å². The molecule has 0 heterocycles. The fourth-order valence-corrected chi connectivity index (χ4v) is 3.00. The summed E-state index contributed by atoms with van der Waals surface area (Å²) in [4.78, 5) is 0. The lowest BCUT2D eigenvalue weighted by Crippen LogP contribution is -2.23. The van der Waals surface area contributed by atoms with Crippen molar-refractivity contribution >= 4 is 11.6 Å². The Labute approximate surface area is 133 Å². The van der Waals surface area contributed by atoms with Crippen LogP contribution in [0.4, 0.5) is 0 Å². The third kappa shape index (κ3) is 3.87. The normalized spacial score (nSPS) is 12.4. The fraction of sp³-hybridized carbons (Fsp3) is 0.368. The Morgan fingerprint density at radius 1 is 1.05 bits per heavy atom. The third-order valence-corrected chi connectivity index (χ3v) is 4.22. The highest BCUT2D eigenvalue weighted by molar-refractivity contribution is 6.32. The van der Waals surface area contributed by atoms with Gasteiger partial charge >= 0.3 is 0 Å². The van der Waals surface area contributed by atoms with Crippen molar-refractivity contribution in [2.75, 3.05) is 6.54 Å². The molecule has 1 unspecified atom stereocenters. The summed E-state index contributed by atoms with van der Waals surface area (Å²) in [7, 11) is 0. The monoisotopic (exact) mass is 301 g/mol. The van der Waals surface area contributed by atoms with Gasteiger partial charge in [-0.15, -0.1) is 0 Å². The third-order valence-electron chi connectivity index (χ3n) is 3.71. The van der Waals surface area contributed by atoms with Crippen LogP contribution in [0.5, 0.6) is 0 Å². The maximum Gasteiger partial charge on any atom is 0.0591 e. The second-order valence-corrected chi connectivity index (χ2v) is 6.16. The molecule has 0 bridgehead atoms. The molecule has 0 aliphatic heterocycles. The lowest BCUT2D eigenvalue weighted by atomic mass is 9.94. The predicted octanol–water partition coefficient (Wildman–Crippen LogP) is 5.35. The van der Waals surface area contributed by atoms with E-state index in [1.807, 2.05) is 0 Å². The highest BCUT2D eigenvalue weighted by atomic mass is 35.5. The Hall–Kier alpha value is -1.31. The highest BCUT2D eigenvalue weighted by Crippen LogP contribution is 2.31. The summed E-state index contributed by atoms with van der Waals surface area (Å²) in [6.07, 6.45) is 1.10. The van der Waals surface area contributed by atoms with Crippen LogP contribution in [0, 0.1) is 20.8 Å². The van der Waals surface area contributed by atoms with Gasteiger partial charge in [-0.1, -0.05) is 66.0 Å². The number of halogens is 1. The second kappa shape index (κ2) is 7.11. The Bertz CT molecular complexity index is 599. The number of nitrogens with one attached hydrogen (secondary N) is 1. The zero-order chi connectivity index (χ0) is 15.4. The van der Waals surface area contributed by atoms with Crippen molar-refractivity contribution in [2.45, 2.75) is 40.2 Å². The van der Waals surface area contributed by atoms with Crippen molar-refractivity contribution in [2.24, 2.45) is 0 Å². The van der Waals surface area contributed by atoms with Gasteiger partial charge in [-0.05, 0) is 50.4 Å². The zero-order valence-corrected chi connectivity index (χ0v) is 14.1. The van der Waals surface area contributed by atoms with Crippen molar-refractivity contribution in [3.63, 3.8) is 0 Å². The molecule has 0 amide bonds. The van der Waals surface area contributed by atoms with Crippen LogP contribution in [0.3, 0.4) is 0 Å². The molecule has 1 nitrogen and oxygen atoms in total. The Kier molecular flexibility index (Phi) is 5.44. The molecular weight excluding hydrogens is 278 g/mol. The van der Waals surface area contributed by atoms with Crippen molar-refractivity contribution in [3.8, 4) is 0 Å². The molecule has 2 aromatic carbocycles. The lowest BCUT2D eigenvalue weighted by molar-refractivity contribution is 0.598. The summed E-state index contributed by atoms with van der Waals surface area (Å²) in [6, 6.07) is 13.1. The van der Waals surface area contributed by atoms with E-state index in [1.165, 1.54) is 16.7 Å². The number of benzene rings is 2.